The summed E-state index contributed by atoms with van der Waals surface area (Å²) in [6, 6.07) is 15.2. The van der Waals surface area contributed by atoms with Crippen molar-refractivity contribution in [2.75, 3.05) is 0 Å². The molecule has 0 aliphatic heterocycles. The summed E-state index contributed by atoms with van der Waals surface area (Å²) < 4.78 is 1.16. The molecule has 2 aromatic carbocycles. The second-order valence-corrected chi connectivity index (χ2v) is 6.81. The number of halogens is 1. The maximum absolute atomic E-state index is 6.67. The van der Waals surface area contributed by atoms with Crippen LogP contribution in [0.25, 0.3) is 0 Å². The van der Waals surface area contributed by atoms with Gasteiger partial charge in [-0.15, -0.1) is 0 Å². The van der Waals surface area contributed by atoms with Crippen LogP contribution in [0.15, 0.2) is 46.9 Å². The Kier molecular flexibility index (Phi) is 3.47. The average molecular weight is 330 g/mol. The lowest BCUT2D eigenvalue weighted by Crippen LogP contribution is -2.27. The van der Waals surface area contributed by atoms with Gasteiger partial charge in [0.05, 0.1) is 0 Å². The Morgan fingerprint density at radius 2 is 1.70 bits per heavy atom. The fraction of sp³-hybridized carbons (Fsp3) is 0.333. The molecule has 1 unspecified atom stereocenters. The number of hydrogen-bond donors (Lipinski definition) is 1. The van der Waals surface area contributed by atoms with Crippen molar-refractivity contribution < 1.29 is 0 Å². The molecular formula is C18H20BrN. The van der Waals surface area contributed by atoms with E-state index in [4.69, 9.17) is 5.73 Å². The molecule has 20 heavy (non-hydrogen) atoms. The molecule has 0 bridgehead atoms. The number of nitrogens with two attached hydrogens (primary N) is 1. The fourth-order valence-corrected chi connectivity index (χ4v) is 3.58. The Hall–Kier alpha value is -1.12. The molecular weight excluding hydrogens is 310 g/mol. The van der Waals surface area contributed by atoms with E-state index in [0.717, 1.165) is 4.47 Å². The SMILES string of the molecule is Cc1cc(C(N)C2(c3ccccc3)CC2)c(C)cc1Br. The maximum atomic E-state index is 6.67. The van der Waals surface area contributed by atoms with E-state index in [0.29, 0.717) is 0 Å². The van der Waals surface area contributed by atoms with Crippen LogP contribution in [-0.4, -0.2) is 0 Å². The molecule has 1 saturated carbocycles. The van der Waals surface area contributed by atoms with E-state index >= 15 is 0 Å². The zero-order valence-electron chi connectivity index (χ0n) is 12.0. The number of rotatable bonds is 3. The van der Waals surface area contributed by atoms with Crippen molar-refractivity contribution in [1.82, 2.24) is 0 Å². The Bertz CT molecular complexity index is 629. The molecule has 2 N–H and O–H groups in total. The first-order valence-electron chi connectivity index (χ1n) is 7.12. The van der Waals surface area contributed by atoms with Crippen LogP contribution in [0, 0.1) is 13.8 Å². The Morgan fingerprint density at radius 3 is 2.30 bits per heavy atom. The van der Waals surface area contributed by atoms with Crippen molar-refractivity contribution in [3.05, 3.63) is 69.2 Å². The molecule has 1 aliphatic rings. The Morgan fingerprint density at radius 1 is 1.05 bits per heavy atom. The van der Waals surface area contributed by atoms with Gasteiger partial charge in [0.25, 0.3) is 0 Å². The quantitative estimate of drug-likeness (QED) is 0.860. The van der Waals surface area contributed by atoms with Gasteiger partial charge in [-0.05, 0) is 55.0 Å². The molecule has 0 amide bonds. The minimum absolute atomic E-state index is 0.0803. The number of hydrogen-bond acceptors (Lipinski definition) is 1. The first-order valence-corrected chi connectivity index (χ1v) is 7.92. The summed E-state index contributed by atoms with van der Waals surface area (Å²) in [6.07, 6.45) is 2.37. The lowest BCUT2D eigenvalue weighted by atomic mass is 9.82. The van der Waals surface area contributed by atoms with E-state index in [2.05, 4.69) is 72.2 Å². The molecule has 1 nitrogen and oxygen atoms in total. The highest BCUT2D eigenvalue weighted by atomic mass is 79.9. The molecule has 0 aromatic heterocycles. The molecule has 3 rings (SSSR count). The minimum atomic E-state index is 0.0803. The van der Waals surface area contributed by atoms with Crippen molar-refractivity contribution >= 4 is 15.9 Å². The average Bonchev–Trinajstić information content (AvgIpc) is 3.25. The third-order valence-corrected chi connectivity index (χ3v) is 5.47. The standard InChI is InChI=1S/C18H20BrN/c1-12-11-16(19)13(2)10-15(12)17(20)18(8-9-18)14-6-4-3-5-7-14/h3-7,10-11,17H,8-9,20H2,1-2H3. The second-order valence-electron chi connectivity index (χ2n) is 5.96. The van der Waals surface area contributed by atoms with Crippen LogP contribution in [0.2, 0.25) is 0 Å². The number of aryl methyl sites for hydroxylation is 2. The topological polar surface area (TPSA) is 26.0 Å². The lowest BCUT2D eigenvalue weighted by Gasteiger charge is -2.26. The van der Waals surface area contributed by atoms with Crippen LogP contribution in [0.4, 0.5) is 0 Å². The Labute approximate surface area is 129 Å². The largest absolute Gasteiger partial charge is 0.323 e. The zero-order valence-corrected chi connectivity index (χ0v) is 13.6. The van der Waals surface area contributed by atoms with Crippen LogP contribution in [0.3, 0.4) is 0 Å². The lowest BCUT2D eigenvalue weighted by molar-refractivity contribution is 0.538. The summed E-state index contributed by atoms with van der Waals surface area (Å²) in [5.74, 6) is 0. The van der Waals surface area contributed by atoms with Crippen LogP contribution < -0.4 is 5.73 Å². The van der Waals surface area contributed by atoms with E-state index in [-0.39, 0.29) is 11.5 Å². The van der Waals surface area contributed by atoms with E-state index in [1.165, 1.54) is 35.1 Å². The zero-order chi connectivity index (χ0) is 14.3. The highest BCUT2D eigenvalue weighted by Gasteiger charge is 2.49. The van der Waals surface area contributed by atoms with Crippen molar-refractivity contribution in [3.8, 4) is 0 Å². The van der Waals surface area contributed by atoms with E-state index < -0.39 is 0 Å². The van der Waals surface area contributed by atoms with Crippen LogP contribution in [-0.2, 0) is 5.41 Å². The third kappa shape index (κ3) is 2.21. The molecule has 2 aromatic rings. The highest BCUT2D eigenvalue weighted by molar-refractivity contribution is 9.10. The van der Waals surface area contributed by atoms with E-state index in [1.54, 1.807) is 0 Å². The van der Waals surface area contributed by atoms with Gasteiger partial charge in [0.2, 0.25) is 0 Å². The summed E-state index contributed by atoms with van der Waals surface area (Å²) >= 11 is 3.60. The summed E-state index contributed by atoms with van der Waals surface area (Å²) in [7, 11) is 0. The molecule has 1 fully saturated rings. The summed E-state index contributed by atoms with van der Waals surface area (Å²) in [5.41, 5.74) is 12.0. The maximum Gasteiger partial charge on any atom is 0.0395 e. The molecule has 1 aliphatic carbocycles. The highest BCUT2D eigenvalue weighted by Crippen LogP contribution is 2.56. The van der Waals surface area contributed by atoms with Gasteiger partial charge in [0.1, 0.15) is 0 Å². The van der Waals surface area contributed by atoms with Gasteiger partial charge in [-0.3, -0.25) is 0 Å². The molecule has 104 valence electrons. The van der Waals surface area contributed by atoms with Gasteiger partial charge in [-0.1, -0.05) is 52.3 Å². The van der Waals surface area contributed by atoms with Crippen LogP contribution in [0.5, 0.6) is 0 Å². The van der Waals surface area contributed by atoms with E-state index in [9.17, 15) is 0 Å². The van der Waals surface area contributed by atoms with Gasteiger partial charge in [0, 0.05) is 15.9 Å². The van der Waals surface area contributed by atoms with Gasteiger partial charge in [-0.2, -0.15) is 0 Å². The first-order chi connectivity index (χ1) is 9.54. The molecule has 1 atom stereocenters. The third-order valence-electron chi connectivity index (χ3n) is 4.62. The van der Waals surface area contributed by atoms with Crippen molar-refractivity contribution in [1.29, 1.82) is 0 Å². The normalized spacial score (nSPS) is 17.8. The fourth-order valence-electron chi connectivity index (χ4n) is 3.12. The summed E-state index contributed by atoms with van der Waals surface area (Å²) in [5, 5.41) is 0. The summed E-state index contributed by atoms with van der Waals surface area (Å²) in [6.45, 7) is 4.28. The van der Waals surface area contributed by atoms with Gasteiger partial charge in [0.15, 0.2) is 0 Å². The van der Waals surface area contributed by atoms with Crippen LogP contribution in [0.1, 0.15) is 41.1 Å². The molecule has 0 spiro atoms. The predicted molar refractivity (Wildman–Crippen MR) is 87.9 cm³/mol. The van der Waals surface area contributed by atoms with E-state index in [1.807, 2.05) is 0 Å². The Balaban J connectivity index is 2.01. The second kappa shape index (κ2) is 5.01. The molecule has 0 heterocycles. The van der Waals surface area contributed by atoms with Gasteiger partial charge < -0.3 is 5.73 Å². The van der Waals surface area contributed by atoms with Crippen LogP contribution >= 0.6 is 15.9 Å². The first kappa shape index (κ1) is 13.8. The smallest absolute Gasteiger partial charge is 0.0395 e. The monoisotopic (exact) mass is 329 g/mol. The molecule has 0 saturated heterocycles. The van der Waals surface area contributed by atoms with Gasteiger partial charge in [-0.25, -0.2) is 0 Å². The van der Waals surface area contributed by atoms with Crippen molar-refractivity contribution in [3.63, 3.8) is 0 Å². The van der Waals surface area contributed by atoms with Gasteiger partial charge >= 0.3 is 0 Å². The molecule has 2 heteroatoms. The predicted octanol–water partition coefficient (Wildman–Crippen LogP) is 4.80. The van der Waals surface area contributed by atoms with Crippen molar-refractivity contribution in [2.45, 2.75) is 38.1 Å². The summed E-state index contributed by atoms with van der Waals surface area (Å²) in [4.78, 5) is 0. The minimum Gasteiger partial charge on any atom is -0.323 e. The van der Waals surface area contributed by atoms with Crippen molar-refractivity contribution in [2.24, 2.45) is 5.73 Å². The molecule has 0 radical (unpaired) electrons. The number of benzene rings is 2.